The van der Waals surface area contributed by atoms with Crippen molar-refractivity contribution < 1.29 is 88.0 Å². The molecule has 6 saturated carbocycles. The summed E-state index contributed by atoms with van der Waals surface area (Å²) in [4.78, 5) is 95.8. The summed E-state index contributed by atoms with van der Waals surface area (Å²) in [7, 11) is 0. The third kappa shape index (κ3) is 10.1. The second-order valence-corrected chi connectivity index (χ2v) is 19.3. The fourth-order valence-corrected chi connectivity index (χ4v) is 13.0. The molecule has 18 nitrogen and oxygen atoms in total. The van der Waals surface area contributed by atoms with E-state index in [1.165, 1.54) is 20.8 Å². The molecule has 0 aromatic heterocycles. The molecular weight excluding hydrogens is 1020 g/mol. The molecule has 6 aliphatic carbocycles. The van der Waals surface area contributed by atoms with Crippen LogP contribution in [0, 0.1) is 71.0 Å². The Balaban J connectivity index is 0.000000204. The molecule has 61 heavy (non-hydrogen) atoms. The molecule has 0 spiro atoms. The monoisotopic (exact) mass is 1060 g/mol. The number of carbonyl (C=O) groups is 9. The van der Waals surface area contributed by atoms with E-state index >= 15 is 0 Å². The maximum atomic E-state index is 11.4. The van der Waals surface area contributed by atoms with E-state index < -0.39 is 71.3 Å². The Kier molecular flexibility index (Phi) is 17.2. The van der Waals surface area contributed by atoms with E-state index in [-0.39, 0.29) is 120 Å². The van der Waals surface area contributed by atoms with Crippen LogP contribution in [0.15, 0.2) is 36.5 Å². The normalized spacial score (nSPS) is 39.1. The van der Waals surface area contributed by atoms with Gasteiger partial charge in [-0.1, -0.05) is 67.5 Å². The molecule has 3 N–H and O–H groups in total. The van der Waals surface area contributed by atoms with E-state index in [1.807, 2.05) is 0 Å². The van der Waals surface area contributed by atoms with Crippen LogP contribution in [0.3, 0.4) is 0 Å². The number of ether oxygens (including phenoxy) is 3. The number of halogens is 3. The second-order valence-electron chi connectivity index (χ2n) is 16.1. The summed E-state index contributed by atoms with van der Waals surface area (Å²) in [5.41, 5.74) is 0.528. The van der Waals surface area contributed by atoms with Gasteiger partial charge < -0.3 is 59.2 Å². The third-order valence-corrected chi connectivity index (χ3v) is 16.1. The molecule has 9 rings (SSSR count). The first-order valence-corrected chi connectivity index (χ1v) is 21.3. The fourth-order valence-electron chi connectivity index (χ4n) is 9.88. The molecule has 330 valence electrons. The van der Waals surface area contributed by atoms with Gasteiger partial charge in [0.2, 0.25) is 0 Å². The molecular formula is C39H42AlBr3O18. The summed E-state index contributed by atoms with van der Waals surface area (Å²) in [5.74, 6) is -10.1. The Morgan fingerprint density at radius 3 is 0.820 bits per heavy atom. The summed E-state index contributed by atoms with van der Waals surface area (Å²) in [6.45, 7) is 13.8. The molecule has 9 fully saturated rings. The molecule has 0 aromatic rings. The van der Waals surface area contributed by atoms with E-state index in [4.69, 9.17) is 29.5 Å². The maximum Gasteiger partial charge on any atom is 3.00 e. The Hall–Kier alpha value is -3.58. The van der Waals surface area contributed by atoms with Gasteiger partial charge >= 0.3 is 53.2 Å². The van der Waals surface area contributed by atoms with Gasteiger partial charge in [0, 0.05) is 70.1 Å². The van der Waals surface area contributed by atoms with Crippen molar-refractivity contribution in [2.75, 3.05) is 0 Å². The van der Waals surface area contributed by atoms with Crippen LogP contribution in [0.1, 0.15) is 40.0 Å². The molecule has 9 aliphatic rings. The number of esters is 3. The van der Waals surface area contributed by atoms with Crippen LogP contribution in [0.4, 0.5) is 0 Å². The van der Waals surface area contributed by atoms with Crippen molar-refractivity contribution in [2.24, 2.45) is 71.0 Å². The van der Waals surface area contributed by atoms with Gasteiger partial charge in [0.25, 0.3) is 0 Å². The average Bonchev–Trinajstić information content (AvgIpc) is 4.02. The van der Waals surface area contributed by atoms with Crippen molar-refractivity contribution in [3.63, 3.8) is 0 Å². The van der Waals surface area contributed by atoms with Crippen LogP contribution < -0.4 is 15.3 Å². The average molecular weight is 1070 g/mol. The van der Waals surface area contributed by atoms with Crippen molar-refractivity contribution in [3.8, 4) is 0 Å². The van der Waals surface area contributed by atoms with Crippen molar-refractivity contribution in [1.82, 2.24) is 0 Å². The number of fused-ring (bicyclic) bond motifs is 3. The third-order valence-electron chi connectivity index (χ3n) is 12.5. The Morgan fingerprint density at radius 1 is 0.492 bits per heavy atom. The van der Waals surface area contributed by atoms with E-state index in [0.717, 1.165) is 19.3 Å². The van der Waals surface area contributed by atoms with E-state index in [9.17, 15) is 58.5 Å². The molecule has 18 unspecified atom stereocenters. The predicted molar refractivity (Wildman–Crippen MR) is 212 cm³/mol. The van der Waals surface area contributed by atoms with Crippen LogP contribution in [-0.4, -0.2) is 119 Å². The number of hydrogen-bond acceptors (Lipinski definition) is 15. The van der Waals surface area contributed by atoms with E-state index in [2.05, 4.69) is 67.5 Å². The fraction of sp³-hybridized carbons (Fsp3) is 0.615. The summed E-state index contributed by atoms with van der Waals surface area (Å²) >= 11 is 10.2. The molecule has 22 heteroatoms. The van der Waals surface area contributed by atoms with Crippen LogP contribution >= 0.6 is 47.8 Å². The largest absolute Gasteiger partial charge is 3.00 e. The minimum absolute atomic E-state index is 0. The molecule has 18 atom stereocenters. The second kappa shape index (κ2) is 20.3. The van der Waals surface area contributed by atoms with Gasteiger partial charge in [-0.25, -0.2) is 14.4 Å². The molecule has 3 aliphatic heterocycles. The molecule has 0 aromatic carbocycles. The zero-order valence-corrected chi connectivity index (χ0v) is 38.7. The number of alkyl halides is 3. The Labute approximate surface area is 385 Å². The van der Waals surface area contributed by atoms with Crippen LogP contribution in [0.5, 0.6) is 0 Å². The number of carboxylic acids is 6. The number of hydrogen-bond donors (Lipinski definition) is 3. The minimum atomic E-state index is -1.11. The molecule has 6 bridgehead atoms. The maximum absolute atomic E-state index is 11.4. The van der Waals surface area contributed by atoms with Crippen molar-refractivity contribution in [3.05, 3.63) is 36.5 Å². The standard InChI is InChI=1S/3C9H9BrO4.3C4H6O2.Al/c3*10-6-2-1-3-5(4(2)8(11)12)9(13)14-7(3)6;3*1-3(2)4(5)6;/h3*2-7H,1H2,(H,11,12);3*1H2,2H3,(H,5,6);/q;;;;;;+3/p-3. The minimum Gasteiger partial charge on any atom is -0.550 e. The van der Waals surface area contributed by atoms with Gasteiger partial charge in [-0.15, -0.1) is 0 Å². The summed E-state index contributed by atoms with van der Waals surface area (Å²) in [6.07, 6.45) is 2.01. The zero-order valence-electron chi connectivity index (χ0n) is 32.8. The van der Waals surface area contributed by atoms with Crippen molar-refractivity contribution in [1.29, 1.82) is 0 Å². The first-order chi connectivity index (χ1) is 27.8. The van der Waals surface area contributed by atoms with Crippen LogP contribution in [0.25, 0.3) is 0 Å². The van der Waals surface area contributed by atoms with Gasteiger partial charge in [-0.2, -0.15) is 0 Å². The smallest absolute Gasteiger partial charge is 0.550 e. The summed E-state index contributed by atoms with van der Waals surface area (Å²) in [6, 6.07) is 0. The number of carboxylic acid groups (broad SMARTS) is 6. The summed E-state index contributed by atoms with van der Waals surface area (Å²) in [5, 5.41) is 56.5. The SMILES string of the molecule is C=C(C)C(=O)O.C=C(C)C(=O)O.C=C(C)C(=O)O.O=C([O-])C1C2CC3C(OC(=O)C31)C2Br.O=C([O-])C1C2CC3C(OC(=O)C31)C2Br.O=C([O-])C1C2CC3C(OC(=O)C31)C2Br.[Al+3]. The summed E-state index contributed by atoms with van der Waals surface area (Å²) < 4.78 is 15.5. The first kappa shape index (κ1) is 51.8. The van der Waals surface area contributed by atoms with E-state index in [1.54, 1.807) is 0 Å². The molecule has 3 heterocycles. The van der Waals surface area contributed by atoms with Crippen molar-refractivity contribution in [2.45, 2.75) is 72.8 Å². The van der Waals surface area contributed by atoms with Crippen LogP contribution in [0.2, 0.25) is 0 Å². The van der Waals surface area contributed by atoms with E-state index in [0.29, 0.717) is 0 Å². The van der Waals surface area contributed by atoms with Crippen LogP contribution in [-0.2, 0) is 57.4 Å². The first-order valence-electron chi connectivity index (χ1n) is 18.6. The molecule has 0 amide bonds. The number of aliphatic carboxylic acids is 6. The van der Waals surface area contributed by atoms with Gasteiger partial charge in [-0.3, -0.25) is 14.4 Å². The zero-order chi connectivity index (χ0) is 45.6. The Bertz CT molecular complexity index is 1640. The Morgan fingerprint density at radius 2 is 0.672 bits per heavy atom. The van der Waals surface area contributed by atoms with Gasteiger partial charge in [0.1, 0.15) is 18.3 Å². The quantitative estimate of drug-likeness (QED) is 0.0991. The topological polar surface area (TPSA) is 311 Å². The van der Waals surface area contributed by atoms with Gasteiger partial charge in [-0.05, 0) is 57.8 Å². The van der Waals surface area contributed by atoms with Gasteiger partial charge in [0.05, 0.1) is 32.2 Å². The predicted octanol–water partition coefficient (Wildman–Crippen LogP) is -0.518. The van der Waals surface area contributed by atoms with Crippen molar-refractivity contribution >= 4 is 119 Å². The number of carbonyl (C=O) groups excluding carboxylic acids is 6. The molecule has 3 saturated heterocycles. The number of rotatable bonds is 6. The molecule has 0 radical (unpaired) electrons. The van der Waals surface area contributed by atoms with Gasteiger partial charge in [0.15, 0.2) is 0 Å².